The van der Waals surface area contributed by atoms with E-state index in [0.29, 0.717) is 61.0 Å². The standard InChI is InChI=1S/C22H29N3O2S.C20H25N3O2S.C20H27N3OS.C15H22N2OS.C10H12ClNOS.C5H6BrNO2.C5H7NO2.C3H4O3/c1-16-6-3-12-24(16)13-5-15-27-19-10-8-18(9-11-19)22-23-21-20(28-22)7-4-14-25(21)17(2)26;1-14-4-2-11-23(14)12-3-13-25-16-7-5-15(6-8-16)20-22-19-17(26-20)9-10-18(24)21-19;1-15-5-3-12-23(15)13-4-14-24-17-9-7-16(8-10-17)20-22-19-18(25-20)6-2-11-21-19;1-12-4-2-9-17(12)10-3-11-18-14-7-5-13(6-8-14)15(16)19;11-6-1-7-13-9-4-2-8(3-5-9)10(12)14;6-3-1-2-4(8)7-5(3)9;7-4-2-1-3-5(8)6-4;1-2(4)3(5)6/h8-11,16H,3-7,12-15H2,1-2H3;5-8,14H,2-4,9-13H2,1H3,(H,21,24);7-10,15,21H,2-6,11-14H2,1H3;5-8,12H,2-4,9-11H2,1H3,(H2,16,19);2-5H,1,6-7H2,(H2,12,14);3H,1-2H2,(H,7,8,9);1-3H2,(H,6,7,8);1H3,(H,5,6). The molecule has 9 aliphatic heterocycles. The molecule has 17 rings (SSSR count). The number of carbonyl (C=O) groups excluding carboxylic acids is 7. The van der Waals surface area contributed by atoms with Crippen molar-refractivity contribution >= 4 is 161 Å². The van der Waals surface area contributed by atoms with Gasteiger partial charge in [-0.05, 0) is 304 Å². The van der Waals surface area contributed by atoms with Crippen molar-refractivity contribution in [2.75, 3.05) is 120 Å². The number of halogens is 2. The monoisotopic (exact) mass is 2030 g/mol. The fraction of sp³-hybridized carbons (Fsp3) is 0.510. The molecule has 5 unspecified atom stereocenters. The Morgan fingerprint density at radius 3 is 1.13 bits per heavy atom. The van der Waals surface area contributed by atoms with Gasteiger partial charge < -0.3 is 70.5 Å². The van der Waals surface area contributed by atoms with E-state index < -0.39 is 11.8 Å². The molecule has 0 spiro atoms. The number of nitrogens with two attached hydrogens (primary N) is 2. The minimum absolute atomic E-state index is 0.0569. The van der Waals surface area contributed by atoms with Crippen molar-refractivity contribution in [2.24, 2.45) is 11.5 Å². The second kappa shape index (κ2) is 57.0. The van der Waals surface area contributed by atoms with Crippen LogP contribution in [0.2, 0.25) is 0 Å². The Kier molecular flexibility index (Phi) is 45.5. The lowest BCUT2D eigenvalue weighted by atomic mass is 10.1. The molecular formula is C100H132BrClN14O14S5. The van der Waals surface area contributed by atoms with Gasteiger partial charge in [0.25, 0.3) is 0 Å². The van der Waals surface area contributed by atoms with E-state index in [0.717, 1.165) is 243 Å². The first-order valence-corrected chi connectivity index (χ1v) is 52.0. The van der Waals surface area contributed by atoms with E-state index in [9.17, 15) is 38.4 Å². The van der Waals surface area contributed by atoms with Crippen LogP contribution in [-0.2, 0) is 57.6 Å². The van der Waals surface area contributed by atoms with Crippen LogP contribution in [0.15, 0.2) is 121 Å². The number of imide groups is 2. The van der Waals surface area contributed by atoms with Crippen molar-refractivity contribution in [2.45, 2.75) is 225 Å². The number of hydrogen-bond donors (Lipinski definition) is 7. The van der Waals surface area contributed by atoms with Gasteiger partial charge in [0, 0.05) is 146 Å². The smallest absolute Gasteiger partial charge is 0.371 e. The molecule has 0 radical (unpaired) electrons. The molecule has 9 N–H and O–H groups in total. The Bertz CT molecular complexity index is 5080. The minimum atomic E-state index is -1.38. The van der Waals surface area contributed by atoms with Crippen molar-refractivity contribution in [3.63, 3.8) is 0 Å². The summed E-state index contributed by atoms with van der Waals surface area (Å²) in [5.41, 5.74) is 16.1. The molecule has 5 aromatic carbocycles. The Balaban J connectivity index is 0.000000166. The van der Waals surface area contributed by atoms with Crippen LogP contribution in [0.5, 0.6) is 28.7 Å². The van der Waals surface area contributed by atoms with Crippen LogP contribution in [0.3, 0.4) is 0 Å². The number of aryl methyl sites for hydroxylation is 3. The predicted octanol–water partition coefficient (Wildman–Crippen LogP) is 17.3. The Labute approximate surface area is 830 Å². The SMILES string of the molecule is CC(=O)C(=O)O.CC(=O)N1CCCc2sc(-c3ccc(OCCCN4CCCC4C)cc3)nc21.CC1CCCN1CCCOc1ccc(-c2nc3c(s2)CCC(=O)N3)cc1.CC1CCCN1CCCOc1ccc(-c2nc3c(s2)CCCN3)cc1.CC1CCCN1CCCOc1ccc(C(N)=S)cc1.NC(=S)c1ccc(OCCCCl)cc1.O=C1CCC(Br)C(=O)N1.O=C1CCCC(=O)N1. The van der Waals surface area contributed by atoms with Gasteiger partial charge in [0.05, 0.1) is 42.7 Å². The summed E-state index contributed by atoms with van der Waals surface area (Å²) in [6.07, 6.45) is 24.3. The maximum absolute atomic E-state index is 11.9. The molecule has 35 heteroatoms. The molecule has 28 nitrogen and oxygen atoms in total. The number of carbonyl (C=O) groups is 8. The third-order valence-corrected chi connectivity index (χ3v) is 29.2. The van der Waals surface area contributed by atoms with Crippen molar-refractivity contribution in [1.29, 1.82) is 0 Å². The molecule has 5 atom stereocenters. The summed E-state index contributed by atoms with van der Waals surface area (Å²) in [6, 6.07) is 42.7. The van der Waals surface area contributed by atoms with Crippen LogP contribution >= 0.6 is 86.0 Å². The summed E-state index contributed by atoms with van der Waals surface area (Å²) in [5.74, 6) is 5.02. The van der Waals surface area contributed by atoms with Gasteiger partial charge in [0.2, 0.25) is 41.2 Å². The summed E-state index contributed by atoms with van der Waals surface area (Å²) in [4.78, 5) is 115. The minimum Gasteiger partial charge on any atom is -0.494 e. The number of ketones is 1. The average molecular weight is 2030 g/mol. The zero-order valence-corrected chi connectivity index (χ0v) is 84.9. The van der Waals surface area contributed by atoms with Gasteiger partial charge in [0.1, 0.15) is 71.2 Å². The number of thiazole rings is 3. The number of fused-ring (bicyclic) bond motifs is 3. The normalized spacial score (nSPS) is 18.9. The van der Waals surface area contributed by atoms with E-state index in [1.807, 2.05) is 96.3 Å². The number of aromatic nitrogens is 3. The van der Waals surface area contributed by atoms with E-state index in [4.69, 9.17) is 86.3 Å². The largest absolute Gasteiger partial charge is 0.494 e. The van der Waals surface area contributed by atoms with E-state index in [2.05, 4.69) is 126 Å². The quantitative estimate of drug-likeness (QED) is 0.00723. The second-order valence-electron chi connectivity index (χ2n) is 34.5. The summed E-state index contributed by atoms with van der Waals surface area (Å²) in [6.45, 7) is 26.9. The van der Waals surface area contributed by atoms with E-state index in [-0.39, 0.29) is 40.3 Å². The number of thiocarbonyl (C=S) groups is 2. The number of carboxylic acid groups (broad SMARTS) is 1. The van der Waals surface area contributed by atoms with Gasteiger partial charge in [-0.25, -0.2) is 19.7 Å². The van der Waals surface area contributed by atoms with Crippen LogP contribution < -0.4 is 61.3 Å². The van der Waals surface area contributed by atoms with Crippen LogP contribution in [0.4, 0.5) is 17.5 Å². The zero-order chi connectivity index (χ0) is 96.5. The predicted molar refractivity (Wildman–Crippen MR) is 550 cm³/mol. The number of piperidine rings is 2. The van der Waals surface area contributed by atoms with Gasteiger partial charge in [-0.3, -0.25) is 49.1 Å². The molecule has 6 fully saturated rings. The highest BCUT2D eigenvalue weighted by Gasteiger charge is 2.29. The number of alkyl halides is 2. The average Bonchev–Trinajstić information content (AvgIpc) is 1.68. The number of nitrogens with zero attached hydrogens (tertiary/aromatic N) is 8. The van der Waals surface area contributed by atoms with Gasteiger partial charge in [-0.2, -0.15) is 0 Å². The van der Waals surface area contributed by atoms with Crippen molar-refractivity contribution in [3.05, 3.63) is 147 Å². The molecule has 6 saturated heterocycles. The molecule has 0 aliphatic carbocycles. The maximum atomic E-state index is 11.9. The zero-order valence-electron chi connectivity index (χ0n) is 78.5. The molecule has 8 aromatic rings. The number of amides is 6. The van der Waals surface area contributed by atoms with Crippen LogP contribution in [0, 0.1) is 0 Å². The summed E-state index contributed by atoms with van der Waals surface area (Å²) >= 11 is 23.6. The first kappa shape index (κ1) is 108. The molecule has 12 heterocycles. The Morgan fingerprint density at radius 2 is 0.793 bits per heavy atom. The maximum Gasteiger partial charge on any atom is 0.371 e. The third kappa shape index (κ3) is 36.4. The fourth-order valence-corrected chi connectivity index (χ4v) is 20.2. The number of carboxylic acids is 1. The lowest BCUT2D eigenvalue weighted by Crippen LogP contribution is -2.41. The summed E-state index contributed by atoms with van der Waals surface area (Å²) in [7, 11) is 0. The first-order chi connectivity index (χ1) is 65.1. The molecular weight excluding hydrogens is 1900 g/mol. The highest BCUT2D eigenvalue weighted by atomic mass is 79.9. The molecule has 9 aliphatic rings. The molecule has 6 amide bonds. The lowest BCUT2D eigenvalue weighted by molar-refractivity contribution is -0.148. The van der Waals surface area contributed by atoms with Crippen LogP contribution in [0.25, 0.3) is 31.7 Å². The number of nitrogens with one attached hydrogen (secondary N) is 4. The Morgan fingerprint density at radius 1 is 0.437 bits per heavy atom. The van der Waals surface area contributed by atoms with Crippen LogP contribution in [-0.4, -0.2) is 230 Å². The van der Waals surface area contributed by atoms with Crippen molar-refractivity contribution < 1.29 is 67.1 Å². The number of likely N-dealkylation sites (tertiary alicyclic amines) is 4. The third-order valence-electron chi connectivity index (χ3n) is 24.1. The van der Waals surface area contributed by atoms with Gasteiger partial charge >= 0.3 is 5.97 Å². The second-order valence-corrected chi connectivity index (χ2v) is 40.1. The number of ether oxygens (including phenoxy) is 5. The summed E-state index contributed by atoms with van der Waals surface area (Å²) in [5, 5.41) is 21.3. The molecule has 0 saturated carbocycles. The molecule has 135 heavy (non-hydrogen) atoms. The van der Waals surface area contributed by atoms with Gasteiger partial charge in [0.15, 0.2) is 0 Å². The highest BCUT2D eigenvalue weighted by molar-refractivity contribution is 9.10. The van der Waals surface area contributed by atoms with Crippen molar-refractivity contribution in [1.82, 2.24) is 45.2 Å². The Hall–Kier alpha value is -9.46. The summed E-state index contributed by atoms with van der Waals surface area (Å²) < 4.78 is 28.9. The first-order valence-electron chi connectivity index (χ1n) is 47.3. The van der Waals surface area contributed by atoms with Crippen LogP contribution in [0.1, 0.15) is 202 Å². The lowest BCUT2D eigenvalue weighted by Gasteiger charge is -2.23. The number of anilines is 3. The fourth-order valence-electron chi connectivity index (χ4n) is 16.3. The molecule has 730 valence electrons. The molecule has 3 aromatic heterocycles. The van der Waals surface area contributed by atoms with E-state index in [1.54, 1.807) is 34.5 Å². The number of Topliss-reactive ketones (excluding diaryl/α,β-unsaturated/α-hetero) is 1. The number of aliphatic carboxylic acids is 1. The van der Waals surface area contributed by atoms with Crippen molar-refractivity contribution in [3.8, 4) is 60.5 Å². The van der Waals surface area contributed by atoms with Gasteiger partial charge in [-0.1, -0.05) is 40.4 Å². The number of rotatable bonds is 30. The van der Waals surface area contributed by atoms with E-state index in [1.165, 1.54) is 99.3 Å². The van der Waals surface area contributed by atoms with E-state index >= 15 is 0 Å². The number of benzene rings is 5. The molecule has 0 bridgehead atoms. The topological polar surface area (TPSA) is 358 Å². The highest BCUT2D eigenvalue weighted by Crippen LogP contribution is 2.40. The van der Waals surface area contributed by atoms with Gasteiger partial charge in [-0.15, -0.1) is 45.6 Å². The number of hydrogen-bond acceptors (Lipinski definition) is 26.